The molecule has 4 rings (SSSR count). The molecule has 0 heterocycles. The van der Waals surface area contributed by atoms with Crippen molar-refractivity contribution < 1.29 is 24.9 Å². The summed E-state index contributed by atoms with van der Waals surface area (Å²) in [7, 11) is 1.51. The van der Waals surface area contributed by atoms with E-state index in [4.69, 9.17) is 4.74 Å². The average Bonchev–Trinajstić information content (AvgIpc) is 3.28. The lowest BCUT2D eigenvalue weighted by atomic mass is 9.33. The van der Waals surface area contributed by atoms with Crippen molar-refractivity contribution in [1.82, 2.24) is 0 Å². The Morgan fingerprint density at radius 1 is 1.08 bits per heavy atom. The van der Waals surface area contributed by atoms with Gasteiger partial charge >= 0.3 is 5.97 Å². The van der Waals surface area contributed by atoms with E-state index in [-0.39, 0.29) is 53.2 Å². The molecule has 38 heavy (non-hydrogen) atoms. The maximum Gasteiger partial charge on any atom is 0.312 e. The lowest BCUT2D eigenvalue weighted by Gasteiger charge is -2.71. The molecular formula is C32H51NO5. The van der Waals surface area contributed by atoms with Crippen LogP contribution in [0.5, 0.6) is 0 Å². The minimum atomic E-state index is -0.833. The maximum atomic E-state index is 13.4. The molecule has 4 fully saturated rings. The first kappa shape index (κ1) is 29.6. The number of esters is 1. The lowest BCUT2D eigenvalue weighted by molar-refractivity contribution is -0.235. The molecule has 10 atom stereocenters. The highest BCUT2D eigenvalue weighted by molar-refractivity contribution is 5.78. The zero-order valence-corrected chi connectivity index (χ0v) is 24.6. The first-order chi connectivity index (χ1) is 17.7. The van der Waals surface area contributed by atoms with Crippen molar-refractivity contribution >= 4 is 5.97 Å². The summed E-state index contributed by atoms with van der Waals surface area (Å²) >= 11 is 0. The molecule has 0 amide bonds. The van der Waals surface area contributed by atoms with Crippen molar-refractivity contribution in [3.8, 4) is 6.07 Å². The molecule has 0 aromatic heterocycles. The molecular weight excluding hydrogens is 478 g/mol. The quantitative estimate of drug-likeness (QED) is 0.306. The largest absolute Gasteiger partial charge is 0.469 e. The molecule has 0 radical (unpaired) electrons. The van der Waals surface area contributed by atoms with E-state index in [2.05, 4.69) is 47.3 Å². The van der Waals surface area contributed by atoms with Crippen molar-refractivity contribution in [1.29, 1.82) is 5.26 Å². The average molecular weight is 530 g/mol. The van der Waals surface area contributed by atoms with Gasteiger partial charge < -0.3 is 20.1 Å². The van der Waals surface area contributed by atoms with Gasteiger partial charge in [-0.1, -0.05) is 41.2 Å². The van der Waals surface area contributed by atoms with Gasteiger partial charge in [-0.15, -0.1) is 0 Å². The van der Waals surface area contributed by atoms with Crippen LogP contribution in [-0.4, -0.2) is 47.7 Å². The van der Waals surface area contributed by atoms with Crippen LogP contribution in [-0.2, 0) is 9.53 Å². The number of nitriles is 1. The van der Waals surface area contributed by atoms with Gasteiger partial charge in [0.05, 0.1) is 37.9 Å². The fourth-order valence-electron chi connectivity index (χ4n) is 11.2. The second kappa shape index (κ2) is 9.89. The second-order valence-electron chi connectivity index (χ2n) is 14.7. The van der Waals surface area contributed by atoms with Crippen LogP contribution in [0.2, 0.25) is 0 Å². The van der Waals surface area contributed by atoms with Crippen molar-refractivity contribution in [3.05, 3.63) is 12.2 Å². The predicted octanol–water partition coefficient (Wildman–Crippen LogP) is 5.26. The second-order valence-corrected chi connectivity index (χ2v) is 14.7. The van der Waals surface area contributed by atoms with Crippen molar-refractivity contribution in [2.75, 3.05) is 20.3 Å². The van der Waals surface area contributed by atoms with Crippen LogP contribution in [0.3, 0.4) is 0 Å². The predicted molar refractivity (Wildman–Crippen MR) is 146 cm³/mol. The molecule has 1 unspecified atom stereocenters. The van der Waals surface area contributed by atoms with Crippen LogP contribution >= 0.6 is 0 Å². The molecule has 0 bridgehead atoms. The Kier molecular flexibility index (Phi) is 7.70. The first-order valence-electron chi connectivity index (χ1n) is 14.8. The van der Waals surface area contributed by atoms with Crippen LogP contribution < -0.4 is 0 Å². The fraction of sp³-hybridized carbons (Fsp3) is 0.875. The molecule has 0 saturated heterocycles. The van der Waals surface area contributed by atoms with Gasteiger partial charge in [-0.25, -0.2) is 0 Å². The SMILES string of the molecule is C=C(CO)[C@@H]1CC[C@]2(C(=O)OC)CC[C@]3(C)[C@H](CC[C@@H]4[C@@](C)(CC#N)[C@H](C(C)(C)C(O)CO)CC[C@]43C)[C@@H]12. The molecule has 0 aliphatic heterocycles. The number of carbonyl (C=O) groups is 1. The summed E-state index contributed by atoms with van der Waals surface area (Å²) in [5.41, 5.74) is -0.537. The van der Waals surface area contributed by atoms with Crippen LogP contribution in [0, 0.1) is 68.0 Å². The number of carbonyl (C=O) groups excluding carboxylic acids is 1. The Bertz CT molecular complexity index is 987. The highest BCUT2D eigenvalue weighted by atomic mass is 16.5. The smallest absolute Gasteiger partial charge is 0.312 e. The van der Waals surface area contributed by atoms with Crippen LogP contribution in [0.15, 0.2) is 12.2 Å². The van der Waals surface area contributed by atoms with E-state index in [9.17, 15) is 25.4 Å². The van der Waals surface area contributed by atoms with Gasteiger partial charge in [0.15, 0.2) is 0 Å². The summed E-state index contributed by atoms with van der Waals surface area (Å²) in [6.45, 7) is 15.2. The zero-order valence-electron chi connectivity index (χ0n) is 24.6. The van der Waals surface area contributed by atoms with Gasteiger partial charge in [0.1, 0.15) is 0 Å². The minimum Gasteiger partial charge on any atom is -0.469 e. The Labute approximate surface area is 229 Å². The molecule has 4 aliphatic rings. The first-order valence-corrected chi connectivity index (χ1v) is 14.8. The van der Waals surface area contributed by atoms with Crippen molar-refractivity contribution in [2.45, 2.75) is 98.5 Å². The van der Waals surface area contributed by atoms with Crippen LogP contribution in [0.1, 0.15) is 92.4 Å². The van der Waals surface area contributed by atoms with E-state index >= 15 is 0 Å². The highest BCUT2D eigenvalue weighted by Crippen LogP contribution is 2.76. The van der Waals surface area contributed by atoms with Gasteiger partial charge in [0.25, 0.3) is 0 Å². The summed E-state index contributed by atoms with van der Waals surface area (Å²) in [6, 6.07) is 2.52. The number of ether oxygens (including phenoxy) is 1. The number of rotatable bonds is 7. The summed E-state index contributed by atoms with van der Waals surface area (Å²) in [5.74, 6) is 0.852. The molecule has 4 aliphatic carbocycles. The van der Waals surface area contributed by atoms with Crippen LogP contribution in [0.4, 0.5) is 0 Å². The standard InChI is InChI=1S/C32H51NO5/c1-20(18-34)21-10-13-32(27(37)38-7)15-14-30(5)22(26(21)32)8-9-24-29(4,16-17-33)23(11-12-31(24,30)6)28(2,3)25(36)19-35/h21-26,34-36H,1,8-16,18-19H2,2-7H3/t21-,22+,23-,24+,25?,26+,29-,30+,31+,32-/m0/s1. The Morgan fingerprint density at radius 3 is 2.34 bits per heavy atom. The van der Waals surface area contributed by atoms with Gasteiger partial charge in [0.2, 0.25) is 0 Å². The summed E-state index contributed by atoms with van der Waals surface area (Å²) in [5, 5.41) is 40.8. The van der Waals surface area contributed by atoms with Crippen molar-refractivity contribution in [3.63, 3.8) is 0 Å². The van der Waals surface area contributed by atoms with E-state index in [1.54, 1.807) is 0 Å². The van der Waals surface area contributed by atoms with E-state index in [1.807, 2.05) is 0 Å². The molecule has 6 nitrogen and oxygen atoms in total. The lowest BCUT2D eigenvalue weighted by Crippen LogP contribution is -2.66. The third kappa shape index (κ3) is 3.78. The molecule has 0 aromatic carbocycles. The molecule has 3 N–H and O–H groups in total. The topological polar surface area (TPSA) is 111 Å². The minimum absolute atomic E-state index is 0.0299. The molecule has 0 spiro atoms. The summed E-state index contributed by atoms with van der Waals surface area (Å²) in [4.78, 5) is 13.4. The summed E-state index contributed by atoms with van der Waals surface area (Å²) in [6.07, 6.45) is 6.86. The third-order valence-electron chi connectivity index (χ3n) is 13.4. The van der Waals surface area contributed by atoms with E-state index in [0.29, 0.717) is 18.3 Å². The Hall–Kier alpha value is -1.42. The van der Waals surface area contributed by atoms with Gasteiger partial charge in [-0.3, -0.25) is 4.79 Å². The highest BCUT2D eigenvalue weighted by Gasteiger charge is 2.71. The molecule has 0 aromatic rings. The molecule has 214 valence electrons. The fourth-order valence-corrected chi connectivity index (χ4v) is 11.2. The zero-order chi connectivity index (χ0) is 28.3. The van der Waals surface area contributed by atoms with E-state index in [1.165, 1.54) is 7.11 Å². The number of hydrogen-bond donors (Lipinski definition) is 3. The van der Waals surface area contributed by atoms with E-state index < -0.39 is 16.9 Å². The third-order valence-corrected chi connectivity index (χ3v) is 13.4. The summed E-state index contributed by atoms with van der Waals surface area (Å²) < 4.78 is 5.44. The number of fused-ring (bicyclic) bond motifs is 5. The van der Waals surface area contributed by atoms with Gasteiger partial charge in [-0.2, -0.15) is 5.26 Å². The number of aliphatic hydroxyl groups is 3. The van der Waals surface area contributed by atoms with Crippen molar-refractivity contribution in [2.24, 2.45) is 56.7 Å². The normalized spacial score (nSPS) is 45.2. The Morgan fingerprint density at radius 2 is 1.76 bits per heavy atom. The monoisotopic (exact) mass is 529 g/mol. The van der Waals surface area contributed by atoms with Gasteiger partial charge in [0, 0.05) is 6.42 Å². The molecule has 4 saturated carbocycles. The van der Waals surface area contributed by atoms with Gasteiger partial charge in [-0.05, 0) is 108 Å². The number of aliphatic hydroxyl groups excluding tert-OH is 3. The number of nitrogens with zero attached hydrogens (tertiary/aromatic N) is 1. The number of methoxy groups -OCH3 is 1. The van der Waals surface area contributed by atoms with E-state index in [0.717, 1.165) is 56.9 Å². The molecule has 6 heteroatoms. The Balaban J connectivity index is 1.80. The maximum absolute atomic E-state index is 13.4. The number of hydrogen-bond acceptors (Lipinski definition) is 6. The van der Waals surface area contributed by atoms with Crippen LogP contribution in [0.25, 0.3) is 0 Å².